The zero-order chi connectivity index (χ0) is 15.0. The fourth-order valence-corrected chi connectivity index (χ4v) is 1.20. The van der Waals surface area contributed by atoms with Gasteiger partial charge in [-0.1, -0.05) is 6.58 Å². The number of hydrogen-bond donors (Lipinski definition) is 0. The van der Waals surface area contributed by atoms with Gasteiger partial charge in [0.1, 0.15) is 12.4 Å². The summed E-state index contributed by atoms with van der Waals surface area (Å²) in [5, 5.41) is 0. The lowest BCUT2D eigenvalue weighted by molar-refractivity contribution is -0.145. The third-order valence-corrected chi connectivity index (χ3v) is 2.21. The minimum atomic E-state index is -0.762. The van der Waals surface area contributed by atoms with E-state index in [1.54, 1.807) is 6.92 Å². The van der Waals surface area contributed by atoms with Crippen LogP contribution in [0, 0.1) is 0 Å². The SMILES string of the molecule is C=C(C)C(=O)OCCCC(=O)OC/C=C1/COC(=O)O1. The summed E-state index contributed by atoms with van der Waals surface area (Å²) in [5.41, 5.74) is 0.313. The third kappa shape index (κ3) is 6.03. The van der Waals surface area contributed by atoms with Gasteiger partial charge in [-0.3, -0.25) is 4.79 Å². The van der Waals surface area contributed by atoms with Crippen molar-refractivity contribution in [2.75, 3.05) is 19.8 Å². The highest BCUT2D eigenvalue weighted by molar-refractivity contribution is 5.86. The molecule has 110 valence electrons. The van der Waals surface area contributed by atoms with Crippen molar-refractivity contribution < 1.29 is 33.3 Å². The molecule has 1 aliphatic rings. The van der Waals surface area contributed by atoms with Gasteiger partial charge in [0.25, 0.3) is 0 Å². The molecule has 1 fully saturated rings. The first kappa shape index (κ1) is 15.7. The molecule has 20 heavy (non-hydrogen) atoms. The van der Waals surface area contributed by atoms with Crippen molar-refractivity contribution in [3.63, 3.8) is 0 Å². The van der Waals surface area contributed by atoms with Crippen LogP contribution in [0.5, 0.6) is 0 Å². The van der Waals surface area contributed by atoms with E-state index in [1.165, 1.54) is 6.08 Å². The quantitative estimate of drug-likeness (QED) is 0.303. The van der Waals surface area contributed by atoms with Gasteiger partial charge in [0, 0.05) is 12.0 Å². The topological polar surface area (TPSA) is 88.1 Å². The van der Waals surface area contributed by atoms with Gasteiger partial charge in [-0.2, -0.15) is 0 Å². The standard InChI is InChI=1S/C13H16O7/c1-9(2)12(15)18-6-3-4-11(14)17-7-5-10-8-19-13(16)20-10/h5H,1,3-4,6-8H2,2H3/b10-5-. The van der Waals surface area contributed by atoms with E-state index in [9.17, 15) is 14.4 Å². The van der Waals surface area contributed by atoms with E-state index >= 15 is 0 Å². The molecule has 0 atom stereocenters. The van der Waals surface area contributed by atoms with Crippen molar-refractivity contribution >= 4 is 18.1 Å². The molecular formula is C13H16O7. The average Bonchev–Trinajstić information content (AvgIpc) is 2.80. The molecule has 0 spiro atoms. The monoisotopic (exact) mass is 284 g/mol. The van der Waals surface area contributed by atoms with E-state index in [2.05, 4.69) is 16.1 Å². The molecule has 1 aliphatic heterocycles. The summed E-state index contributed by atoms with van der Waals surface area (Å²) >= 11 is 0. The van der Waals surface area contributed by atoms with Gasteiger partial charge in [-0.25, -0.2) is 9.59 Å². The molecular weight excluding hydrogens is 268 g/mol. The van der Waals surface area contributed by atoms with Gasteiger partial charge in [-0.15, -0.1) is 0 Å². The minimum absolute atomic E-state index is 0.00361. The number of cyclic esters (lactones) is 2. The molecule has 0 aromatic rings. The maximum atomic E-state index is 11.3. The normalized spacial score (nSPS) is 15.4. The molecule has 7 nitrogen and oxygen atoms in total. The lowest BCUT2D eigenvalue weighted by Crippen LogP contribution is -2.10. The van der Waals surface area contributed by atoms with Crippen LogP contribution in [-0.2, 0) is 28.5 Å². The maximum absolute atomic E-state index is 11.3. The van der Waals surface area contributed by atoms with E-state index < -0.39 is 18.1 Å². The highest BCUT2D eigenvalue weighted by Crippen LogP contribution is 2.09. The first-order chi connectivity index (χ1) is 9.49. The third-order valence-electron chi connectivity index (χ3n) is 2.21. The molecule has 0 aromatic heterocycles. The summed E-state index contributed by atoms with van der Waals surface area (Å²) in [6.45, 7) is 5.16. The Morgan fingerprint density at radius 3 is 2.75 bits per heavy atom. The predicted octanol–water partition coefficient (Wildman–Crippen LogP) is 1.48. The van der Waals surface area contributed by atoms with Crippen LogP contribution in [0.4, 0.5) is 4.79 Å². The Bertz CT molecular complexity index is 436. The fraction of sp³-hybridized carbons (Fsp3) is 0.462. The van der Waals surface area contributed by atoms with E-state index in [0.717, 1.165) is 0 Å². The van der Waals surface area contributed by atoms with E-state index in [-0.39, 0.29) is 26.2 Å². The van der Waals surface area contributed by atoms with Gasteiger partial charge < -0.3 is 18.9 Å². The van der Waals surface area contributed by atoms with Crippen LogP contribution >= 0.6 is 0 Å². The number of esters is 2. The Balaban J connectivity index is 2.07. The Morgan fingerprint density at radius 1 is 1.40 bits per heavy atom. The van der Waals surface area contributed by atoms with Crippen molar-refractivity contribution in [3.8, 4) is 0 Å². The Kier molecular flexibility index (Phi) is 6.28. The Morgan fingerprint density at radius 2 is 2.15 bits per heavy atom. The highest BCUT2D eigenvalue weighted by Gasteiger charge is 2.18. The molecule has 0 amide bonds. The van der Waals surface area contributed by atoms with E-state index in [1.807, 2.05) is 0 Å². The molecule has 0 aliphatic carbocycles. The van der Waals surface area contributed by atoms with Gasteiger partial charge in [-0.05, 0) is 19.4 Å². The number of hydrogen-bond acceptors (Lipinski definition) is 7. The smallest absolute Gasteiger partial charge is 0.462 e. The van der Waals surface area contributed by atoms with Crippen LogP contribution in [0.1, 0.15) is 19.8 Å². The summed E-state index contributed by atoms with van der Waals surface area (Å²) in [6, 6.07) is 0. The zero-order valence-electron chi connectivity index (χ0n) is 11.2. The van der Waals surface area contributed by atoms with Crippen molar-refractivity contribution in [1.29, 1.82) is 0 Å². The van der Waals surface area contributed by atoms with Crippen LogP contribution in [0.15, 0.2) is 24.0 Å². The first-order valence-electron chi connectivity index (χ1n) is 6.01. The number of carbonyl (C=O) groups is 3. The Hall–Kier alpha value is -2.31. The molecule has 7 heteroatoms. The molecule has 1 saturated heterocycles. The minimum Gasteiger partial charge on any atom is -0.462 e. The van der Waals surface area contributed by atoms with Gasteiger partial charge in [0.05, 0.1) is 6.61 Å². The second kappa shape index (κ2) is 7.98. The van der Waals surface area contributed by atoms with Crippen molar-refractivity contribution in [3.05, 3.63) is 24.0 Å². The number of ether oxygens (including phenoxy) is 4. The second-order valence-corrected chi connectivity index (χ2v) is 4.01. The summed E-state index contributed by atoms with van der Waals surface area (Å²) in [6.07, 6.45) is 1.18. The van der Waals surface area contributed by atoms with Crippen molar-refractivity contribution in [2.24, 2.45) is 0 Å². The second-order valence-electron chi connectivity index (χ2n) is 4.01. The molecule has 0 unspecified atom stereocenters. The van der Waals surface area contributed by atoms with Gasteiger partial charge in [0.15, 0.2) is 6.61 Å². The summed E-state index contributed by atoms with van der Waals surface area (Å²) in [4.78, 5) is 32.9. The van der Waals surface area contributed by atoms with Gasteiger partial charge >= 0.3 is 18.1 Å². The lowest BCUT2D eigenvalue weighted by atomic mass is 10.3. The summed E-state index contributed by atoms with van der Waals surface area (Å²) in [5.74, 6) is -0.595. The lowest BCUT2D eigenvalue weighted by Gasteiger charge is -2.04. The molecule has 0 saturated carbocycles. The van der Waals surface area contributed by atoms with E-state index in [0.29, 0.717) is 17.8 Å². The van der Waals surface area contributed by atoms with Crippen LogP contribution in [0.2, 0.25) is 0 Å². The molecule has 1 heterocycles. The zero-order valence-corrected chi connectivity index (χ0v) is 11.2. The molecule has 0 N–H and O–H groups in total. The van der Waals surface area contributed by atoms with Crippen LogP contribution in [0.25, 0.3) is 0 Å². The summed E-state index contributed by atoms with van der Waals surface area (Å²) < 4.78 is 18.8. The molecule has 1 rings (SSSR count). The summed E-state index contributed by atoms with van der Waals surface area (Å²) in [7, 11) is 0. The van der Waals surface area contributed by atoms with Crippen LogP contribution in [-0.4, -0.2) is 37.9 Å². The van der Waals surface area contributed by atoms with Gasteiger partial charge in [0.2, 0.25) is 0 Å². The van der Waals surface area contributed by atoms with Crippen molar-refractivity contribution in [2.45, 2.75) is 19.8 Å². The predicted molar refractivity (Wildman–Crippen MR) is 66.5 cm³/mol. The number of carbonyl (C=O) groups excluding carboxylic acids is 3. The Labute approximate surface area is 116 Å². The molecule has 0 bridgehead atoms. The van der Waals surface area contributed by atoms with Crippen LogP contribution < -0.4 is 0 Å². The number of rotatable bonds is 7. The largest absolute Gasteiger partial charge is 0.514 e. The fourth-order valence-electron chi connectivity index (χ4n) is 1.20. The first-order valence-corrected chi connectivity index (χ1v) is 6.01. The van der Waals surface area contributed by atoms with E-state index in [4.69, 9.17) is 9.47 Å². The highest BCUT2D eigenvalue weighted by atomic mass is 16.8. The van der Waals surface area contributed by atoms with Crippen LogP contribution in [0.3, 0.4) is 0 Å². The van der Waals surface area contributed by atoms with Crippen molar-refractivity contribution in [1.82, 2.24) is 0 Å². The maximum Gasteiger partial charge on any atom is 0.514 e. The average molecular weight is 284 g/mol. The molecule has 0 aromatic carbocycles. The molecule has 0 radical (unpaired) electrons.